The topological polar surface area (TPSA) is 21.8 Å². The van der Waals surface area contributed by atoms with Gasteiger partial charge < -0.3 is 15.1 Å². The Balaban J connectivity index is 1.96. The predicted molar refractivity (Wildman–Crippen MR) is 83.8 cm³/mol. The highest BCUT2D eigenvalue weighted by atomic mass is 15.3. The molecule has 0 aromatic heterocycles. The molecule has 1 rings (SSSR count). The van der Waals surface area contributed by atoms with Crippen molar-refractivity contribution in [2.75, 3.05) is 72.0 Å². The van der Waals surface area contributed by atoms with Crippen molar-refractivity contribution in [2.45, 2.75) is 27.2 Å². The molecule has 0 unspecified atom stereocenters. The van der Waals surface area contributed by atoms with E-state index in [1.807, 2.05) is 0 Å². The van der Waals surface area contributed by atoms with Crippen LogP contribution in [0.3, 0.4) is 0 Å². The average Bonchev–Trinajstić information content (AvgIpc) is 2.45. The summed E-state index contributed by atoms with van der Waals surface area (Å²) in [7, 11) is 0. The van der Waals surface area contributed by atoms with E-state index in [0.29, 0.717) is 0 Å². The Kier molecular flexibility index (Phi) is 9.43. The van der Waals surface area contributed by atoms with Crippen LogP contribution in [0.4, 0.5) is 0 Å². The van der Waals surface area contributed by atoms with Gasteiger partial charge in [-0.1, -0.05) is 20.8 Å². The van der Waals surface area contributed by atoms with Crippen LogP contribution in [0, 0.1) is 0 Å². The normalized spacial score (nSPS) is 18.3. The molecule has 1 aliphatic rings. The van der Waals surface area contributed by atoms with Gasteiger partial charge >= 0.3 is 0 Å². The molecule has 1 saturated heterocycles. The Morgan fingerprint density at radius 3 is 1.95 bits per heavy atom. The lowest BCUT2D eigenvalue weighted by molar-refractivity contribution is 0.133. The second-order valence-corrected chi connectivity index (χ2v) is 5.46. The van der Waals surface area contributed by atoms with E-state index in [2.05, 4.69) is 40.8 Å². The molecule has 0 bridgehead atoms. The molecule has 0 aromatic rings. The zero-order valence-electron chi connectivity index (χ0n) is 13.3. The van der Waals surface area contributed by atoms with E-state index in [1.54, 1.807) is 0 Å². The Labute approximate surface area is 120 Å². The monoisotopic (exact) mass is 270 g/mol. The first-order valence-electron chi connectivity index (χ1n) is 8.17. The molecular formula is C15H34N4. The number of nitrogens with zero attached hydrogens (tertiary/aromatic N) is 3. The molecule has 1 aliphatic heterocycles. The number of hydrogen-bond donors (Lipinski definition) is 1. The summed E-state index contributed by atoms with van der Waals surface area (Å²) in [6.07, 6.45) is 1.28. The van der Waals surface area contributed by atoms with Crippen LogP contribution in [0.15, 0.2) is 0 Å². The SMILES string of the molecule is CCCN1CCN(CCNCCN(CC)CC)CC1. The molecule has 19 heavy (non-hydrogen) atoms. The maximum atomic E-state index is 3.57. The van der Waals surface area contributed by atoms with Crippen molar-refractivity contribution in [1.82, 2.24) is 20.0 Å². The van der Waals surface area contributed by atoms with Crippen molar-refractivity contribution >= 4 is 0 Å². The van der Waals surface area contributed by atoms with Crippen LogP contribution >= 0.6 is 0 Å². The fourth-order valence-electron chi connectivity index (χ4n) is 2.69. The highest BCUT2D eigenvalue weighted by molar-refractivity contribution is 4.72. The van der Waals surface area contributed by atoms with E-state index in [1.165, 1.54) is 52.2 Å². The fraction of sp³-hybridized carbons (Fsp3) is 1.00. The van der Waals surface area contributed by atoms with Crippen LogP contribution in [0.1, 0.15) is 27.2 Å². The third kappa shape index (κ3) is 7.25. The molecule has 1 fully saturated rings. The molecule has 0 aliphatic carbocycles. The quantitative estimate of drug-likeness (QED) is 0.597. The zero-order valence-corrected chi connectivity index (χ0v) is 13.3. The van der Waals surface area contributed by atoms with E-state index in [0.717, 1.165) is 26.2 Å². The van der Waals surface area contributed by atoms with Gasteiger partial charge in [0.2, 0.25) is 0 Å². The van der Waals surface area contributed by atoms with Gasteiger partial charge in [-0.15, -0.1) is 0 Å². The fourth-order valence-corrected chi connectivity index (χ4v) is 2.69. The van der Waals surface area contributed by atoms with Gasteiger partial charge in [-0.3, -0.25) is 4.90 Å². The molecule has 0 saturated carbocycles. The Morgan fingerprint density at radius 1 is 0.842 bits per heavy atom. The minimum Gasteiger partial charge on any atom is -0.314 e. The van der Waals surface area contributed by atoms with Gasteiger partial charge in [0.25, 0.3) is 0 Å². The second-order valence-electron chi connectivity index (χ2n) is 5.46. The van der Waals surface area contributed by atoms with Gasteiger partial charge in [-0.2, -0.15) is 0 Å². The molecule has 0 amide bonds. The molecule has 0 radical (unpaired) electrons. The predicted octanol–water partition coefficient (Wildman–Crippen LogP) is 0.945. The number of rotatable bonds is 10. The number of likely N-dealkylation sites (N-methyl/N-ethyl adjacent to an activating group) is 1. The van der Waals surface area contributed by atoms with Crippen LogP contribution in [-0.4, -0.2) is 86.7 Å². The molecule has 114 valence electrons. The van der Waals surface area contributed by atoms with Crippen LogP contribution in [-0.2, 0) is 0 Å². The number of nitrogens with one attached hydrogen (secondary N) is 1. The molecule has 0 spiro atoms. The highest BCUT2D eigenvalue weighted by Crippen LogP contribution is 2.01. The van der Waals surface area contributed by atoms with Crippen molar-refractivity contribution in [3.8, 4) is 0 Å². The van der Waals surface area contributed by atoms with Gasteiger partial charge in [-0.05, 0) is 26.1 Å². The van der Waals surface area contributed by atoms with E-state index in [9.17, 15) is 0 Å². The standard InChI is InChI=1S/C15H34N4/c1-4-9-18-12-14-19(15-13-18)11-8-16-7-10-17(5-2)6-3/h16H,4-15H2,1-3H3. The summed E-state index contributed by atoms with van der Waals surface area (Å²) in [4.78, 5) is 7.65. The van der Waals surface area contributed by atoms with E-state index in [4.69, 9.17) is 0 Å². The molecule has 1 N–H and O–H groups in total. The molecule has 4 heteroatoms. The zero-order chi connectivity index (χ0) is 13.9. The Bertz CT molecular complexity index is 198. The summed E-state index contributed by atoms with van der Waals surface area (Å²) < 4.78 is 0. The number of hydrogen-bond acceptors (Lipinski definition) is 4. The largest absolute Gasteiger partial charge is 0.314 e. The summed E-state index contributed by atoms with van der Waals surface area (Å²) in [6.45, 7) is 20.0. The first kappa shape index (κ1) is 16.9. The third-order valence-electron chi connectivity index (χ3n) is 4.11. The summed E-state index contributed by atoms with van der Waals surface area (Å²) in [6, 6.07) is 0. The summed E-state index contributed by atoms with van der Waals surface area (Å²) in [5.74, 6) is 0. The lowest BCUT2D eigenvalue weighted by Crippen LogP contribution is -2.48. The first-order chi connectivity index (χ1) is 9.30. The average molecular weight is 270 g/mol. The lowest BCUT2D eigenvalue weighted by atomic mass is 10.3. The Hall–Kier alpha value is -0.160. The molecule has 1 heterocycles. The second kappa shape index (κ2) is 10.6. The summed E-state index contributed by atoms with van der Waals surface area (Å²) >= 11 is 0. The lowest BCUT2D eigenvalue weighted by Gasteiger charge is -2.34. The van der Waals surface area contributed by atoms with E-state index < -0.39 is 0 Å². The van der Waals surface area contributed by atoms with Crippen LogP contribution < -0.4 is 5.32 Å². The van der Waals surface area contributed by atoms with Crippen LogP contribution in [0.25, 0.3) is 0 Å². The minimum absolute atomic E-state index is 1.12. The van der Waals surface area contributed by atoms with Gasteiger partial charge in [0.1, 0.15) is 0 Å². The summed E-state index contributed by atoms with van der Waals surface area (Å²) in [5.41, 5.74) is 0. The van der Waals surface area contributed by atoms with E-state index in [-0.39, 0.29) is 0 Å². The molecule has 0 atom stereocenters. The van der Waals surface area contributed by atoms with Crippen LogP contribution in [0.5, 0.6) is 0 Å². The van der Waals surface area contributed by atoms with Crippen molar-refractivity contribution in [1.29, 1.82) is 0 Å². The van der Waals surface area contributed by atoms with Gasteiger partial charge in [0.15, 0.2) is 0 Å². The van der Waals surface area contributed by atoms with E-state index >= 15 is 0 Å². The van der Waals surface area contributed by atoms with Crippen molar-refractivity contribution in [2.24, 2.45) is 0 Å². The maximum Gasteiger partial charge on any atom is 0.0110 e. The van der Waals surface area contributed by atoms with Gasteiger partial charge in [-0.25, -0.2) is 0 Å². The number of piperazine rings is 1. The third-order valence-corrected chi connectivity index (χ3v) is 4.11. The van der Waals surface area contributed by atoms with Crippen molar-refractivity contribution in [3.63, 3.8) is 0 Å². The smallest absolute Gasteiger partial charge is 0.0110 e. The van der Waals surface area contributed by atoms with Gasteiger partial charge in [0.05, 0.1) is 0 Å². The molecular weight excluding hydrogens is 236 g/mol. The maximum absolute atomic E-state index is 3.57. The summed E-state index contributed by atoms with van der Waals surface area (Å²) in [5, 5.41) is 3.57. The Morgan fingerprint density at radius 2 is 1.42 bits per heavy atom. The van der Waals surface area contributed by atoms with Crippen molar-refractivity contribution < 1.29 is 0 Å². The minimum atomic E-state index is 1.12. The van der Waals surface area contributed by atoms with Gasteiger partial charge in [0, 0.05) is 52.4 Å². The molecule has 4 nitrogen and oxygen atoms in total. The van der Waals surface area contributed by atoms with Crippen molar-refractivity contribution in [3.05, 3.63) is 0 Å². The van der Waals surface area contributed by atoms with Crippen LogP contribution in [0.2, 0.25) is 0 Å². The first-order valence-corrected chi connectivity index (χ1v) is 8.17. The highest BCUT2D eigenvalue weighted by Gasteiger charge is 2.15. The molecule has 0 aromatic carbocycles.